The summed E-state index contributed by atoms with van der Waals surface area (Å²) in [7, 11) is 7.66. The van der Waals surface area contributed by atoms with Crippen LogP contribution < -0.4 is 19.5 Å². The molecule has 210 valence electrons. The third-order valence-electron chi connectivity index (χ3n) is 5.97. The number of hydrogen-bond acceptors (Lipinski definition) is 6. The molecule has 1 aliphatic rings. The molecule has 0 heterocycles. The van der Waals surface area contributed by atoms with Crippen LogP contribution in [0.4, 0.5) is 0 Å². The summed E-state index contributed by atoms with van der Waals surface area (Å²) in [6, 6.07) is 6.21. The molecule has 6 nitrogen and oxygen atoms in total. The second kappa shape index (κ2) is 13.5. The van der Waals surface area contributed by atoms with E-state index in [0.717, 1.165) is 16.4 Å². The minimum atomic E-state index is -1.30. The Bertz CT molecular complexity index is 1340. The SMILES string of the molecule is COC1=C(Cl)C(=C[P+](=Cc2c(Cl)c(OC)c(OC)c(OC)c2Cl)c2cc(C)ccc2C)C(Cl)=C(OC)[C-]1OC. The molecule has 39 heavy (non-hydrogen) atoms. The quantitative estimate of drug-likeness (QED) is 0.207. The maximum atomic E-state index is 6.84. The molecule has 0 amide bonds. The van der Waals surface area contributed by atoms with Gasteiger partial charge in [0.05, 0.1) is 62.7 Å². The number of rotatable bonds is 9. The molecular formula is C28H29Cl4O6P. The van der Waals surface area contributed by atoms with Crippen LogP contribution in [0.3, 0.4) is 0 Å². The summed E-state index contributed by atoms with van der Waals surface area (Å²) >= 11 is 27.4. The van der Waals surface area contributed by atoms with Gasteiger partial charge >= 0.3 is 0 Å². The summed E-state index contributed by atoms with van der Waals surface area (Å²) in [6.45, 7) is 4.05. The minimum Gasteiger partial charge on any atom is -0.518 e. The van der Waals surface area contributed by atoms with Crippen molar-refractivity contribution in [1.82, 2.24) is 0 Å². The van der Waals surface area contributed by atoms with Crippen LogP contribution in [0.1, 0.15) is 16.7 Å². The van der Waals surface area contributed by atoms with Crippen molar-refractivity contribution in [1.29, 1.82) is 0 Å². The standard InChI is InChI=1S/C28H29Cl4O6P/c1-14-9-10-15(2)18(11-14)39(12-16-19(29)23(33-3)27(37-7)24(34-4)20(16)30)13-17-21(31)25(35-5)28(38-8)26(36-6)22(17)32/h9-13H,1-8H3. The van der Waals surface area contributed by atoms with E-state index < -0.39 is 7.55 Å². The van der Waals surface area contributed by atoms with Gasteiger partial charge in [0.1, 0.15) is 11.6 Å². The Morgan fingerprint density at radius 2 is 1.23 bits per heavy atom. The molecule has 2 aromatic carbocycles. The molecule has 0 N–H and O–H groups in total. The first kappa shape index (κ1) is 31.3. The molecule has 0 aromatic heterocycles. The summed E-state index contributed by atoms with van der Waals surface area (Å²) < 4.78 is 33.3. The van der Waals surface area contributed by atoms with Gasteiger partial charge in [-0.05, 0) is 46.7 Å². The fourth-order valence-electron chi connectivity index (χ4n) is 4.07. The van der Waals surface area contributed by atoms with Gasteiger partial charge in [0.15, 0.2) is 24.3 Å². The Hall–Kier alpha value is -2.18. The summed E-state index contributed by atoms with van der Waals surface area (Å²) in [5, 5.41) is 2.12. The number of allylic oxidation sites excluding steroid dienone is 3. The van der Waals surface area contributed by atoms with Gasteiger partial charge in [0.25, 0.3) is 0 Å². The number of aryl methyl sites for hydroxylation is 2. The van der Waals surface area contributed by atoms with Crippen molar-refractivity contribution in [3.05, 3.63) is 84.0 Å². The van der Waals surface area contributed by atoms with E-state index >= 15 is 0 Å². The lowest BCUT2D eigenvalue weighted by atomic mass is 10.0. The molecule has 1 atom stereocenters. The van der Waals surface area contributed by atoms with E-state index in [9.17, 15) is 0 Å². The first-order valence-electron chi connectivity index (χ1n) is 11.5. The van der Waals surface area contributed by atoms with Crippen LogP contribution in [0.2, 0.25) is 10.0 Å². The molecule has 0 spiro atoms. The van der Waals surface area contributed by atoms with Gasteiger partial charge in [-0.15, -0.1) is 0 Å². The average molecular weight is 634 g/mol. The van der Waals surface area contributed by atoms with Crippen molar-refractivity contribution >= 4 is 65.0 Å². The molecule has 0 saturated heterocycles. The van der Waals surface area contributed by atoms with Gasteiger partial charge in [-0.25, -0.2) is 0 Å². The fourth-order valence-corrected chi connectivity index (χ4v) is 7.97. The predicted molar refractivity (Wildman–Crippen MR) is 162 cm³/mol. The zero-order valence-electron chi connectivity index (χ0n) is 22.8. The van der Waals surface area contributed by atoms with Crippen molar-refractivity contribution in [2.45, 2.75) is 13.8 Å². The first-order valence-corrected chi connectivity index (χ1v) is 14.5. The maximum absolute atomic E-state index is 6.84. The number of hydrogen-bond donors (Lipinski definition) is 0. The van der Waals surface area contributed by atoms with Crippen molar-refractivity contribution < 1.29 is 28.4 Å². The Morgan fingerprint density at radius 1 is 0.718 bits per heavy atom. The molecule has 0 fully saturated rings. The fraction of sp³-hybridized carbons (Fsp3) is 0.286. The molecule has 1 aliphatic carbocycles. The Balaban J connectivity index is 2.47. The summed E-state index contributed by atoms with van der Waals surface area (Å²) in [5.74, 6) is 5.41. The molecule has 0 saturated carbocycles. The molecule has 0 radical (unpaired) electrons. The predicted octanol–water partition coefficient (Wildman–Crippen LogP) is 7.86. The average Bonchev–Trinajstić information content (AvgIpc) is 2.92. The largest absolute Gasteiger partial charge is 0.518 e. The number of benzene rings is 2. The molecule has 1 unspecified atom stereocenters. The molecule has 11 heteroatoms. The normalized spacial score (nSPS) is 14.1. The summed E-state index contributed by atoms with van der Waals surface area (Å²) in [6.07, 6.45) is 0.294. The van der Waals surface area contributed by atoms with Crippen LogP contribution in [-0.4, -0.2) is 48.5 Å². The van der Waals surface area contributed by atoms with Crippen LogP contribution in [0.25, 0.3) is 0 Å². The smallest absolute Gasteiger partial charge is 0.206 e. The number of ether oxygens (including phenoxy) is 6. The number of halogens is 4. The summed E-state index contributed by atoms with van der Waals surface area (Å²) in [5.41, 5.74) is 3.15. The van der Waals surface area contributed by atoms with Gasteiger partial charge in [-0.1, -0.05) is 35.3 Å². The third kappa shape index (κ3) is 5.97. The second-order valence-corrected chi connectivity index (χ2v) is 11.6. The maximum Gasteiger partial charge on any atom is 0.206 e. The zero-order chi connectivity index (χ0) is 29.0. The van der Waals surface area contributed by atoms with Crippen LogP contribution in [0.5, 0.6) is 17.2 Å². The minimum absolute atomic E-state index is 0.272. The van der Waals surface area contributed by atoms with E-state index in [0.29, 0.717) is 46.0 Å². The highest BCUT2D eigenvalue weighted by Gasteiger charge is 2.30. The van der Waals surface area contributed by atoms with Crippen LogP contribution in [0.15, 0.2) is 51.2 Å². The van der Waals surface area contributed by atoms with Crippen molar-refractivity contribution in [2.75, 3.05) is 42.7 Å². The van der Waals surface area contributed by atoms with E-state index in [4.69, 9.17) is 74.8 Å². The third-order valence-corrected chi connectivity index (χ3v) is 9.58. The highest BCUT2D eigenvalue weighted by molar-refractivity contribution is 7.68. The lowest BCUT2D eigenvalue weighted by Crippen LogP contribution is -2.18. The van der Waals surface area contributed by atoms with E-state index in [-0.39, 0.29) is 20.1 Å². The van der Waals surface area contributed by atoms with Gasteiger partial charge in [-0.3, -0.25) is 0 Å². The van der Waals surface area contributed by atoms with E-state index in [1.165, 1.54) is 42.7 Å². The highest BCUT2D eigenvalue weighted by Crippen LogP contribution is 2.51. The van der Waals surface area contributed by atoms with Gasteiger partial charge in [0, 0.05) is 13.2 Å². The molecule has 0 bridgehead atoms. The van der Waals surface area contributed by atoms with E-state index in [1.807, 2.05) is 31.5 Å². The highest BCUT2D eigenvalue weighted by atomic mass is 35.5. The molecule has 0 aliphatic heterocycles. The Kier molecular flexibility index (Phi) is 10.8. The summed E-state index contributed by atoms with van der Waals surface area (Å²) in [4.78, 5) is 0. The monoisotopic (exact) mass is 632 g/mol. The zero-order valence-corrected chi connectivity index (χ0v) is 26.7. The van der Waals surface area contributed by atoms with Crippen molar-refractivity contribution in [2.24, 2.45) is 0 Å². The molecule has 2 aromatic rings. The second-order valence-electron chi connectivity index (χ2n) is 8.24. The Morgan fingerprint density at radius 3 is 1.67 bits per heavy atom. The number of methoxy groups -OCH3 is 6. The molecule has 3 rings (SSSR count). The van der Waals surface area contributed by atoms with Gasteiger partial charge < -0.3 is 28.4 Å². The van der Waals surface area contributed by atoms with Crippen molar-refractivity contribution in [3.8, 4) is 17.2 Å². The topological polar surface area (TPSA) is 55.4 Å². The van der Waals surface area contributed by atoms with Crippen LogP contribution in [0, 0.1) is 20.0 Å². The molecular weight excluding hydrogens is 605 g/mol. The van der Waals surface area contributed by atoms with Crippen molar-refractivity contribution in [3.63, 3.8) is 0 Å². The van der Waals surface area contributed by atoms with Crippen LogP contribution in [-0.2, 0) is 14.2 Å². The van der Waals surface area contributed by atoms with E-state index in [2.05, 4.69) is 12.1 Å². The van der Waals surface area contributed by atoms with E-state index in [1.54, 1.807) is 0 Å². The van der Waals surface area contributed by atoms with Crippen LogP contribution >= 0.6 is 53.9 Å². The van der Waals surface area contributed by atoms with Gasteiger partial charge in [0.2, 0.25) is 5.75 Å². The first-order chi connectivity index (χ1) is 18.6. The lowest BCUT2D eigenvalue weighted by molar-refractivity contribution is 0.129. The van der Waals surface area contributed by atoms with Gasteiger partial charge in [-0.2, -0.15) is 23.2 Å². The lowest BCUT2D eigenvalue weighted by Gasteiger charge is -2.35. The Labute approximate surface area is 250 Å².